The van der Waals surface area contributed by atoms with E-state index in [9.17, 15) is 14.3 Å². The fourth-order valence-electron chi connectivity index (χ4n) is 1.69. The van der Waals surface area contributed by atoms with E-state index in [0.717, 1.165) is 12.1 Å². The highest BCUT2D eigenvalue weighted by atomic mass is 28.3. The molecule has 0 bridgehead atoms. The van der Waals surface area contributed by atoms with Crippen molar-refractivity contribution in [1.29, 1.82) is 0 Å². The number of hydrogen-bond acceptors (Lipinski definition) is 4. The van der Waals surface area contributed by atoms with E-state index in [2.05, 4.69) is 19.6 Å². The lowest BCUT2D eigenvalue weighted by atomic mass is 10.1. The molecule has 5 nitrogen and oxygen atoms in total. The van der Waals surface area contributed by atoms with Gasteiger partial charge in [0.05, 0.1) is 7.11 Å². The van der Waals surface area contributed by atoms with Gasteiger partial charge in [0.2, 0.25) is 0 Å². The number of carbonyl (C=O) groups is 1. The molecule has 0 saturated heterocycles. The van der Waals surface area contributed by atoms with E-state index in [1.165, 1.54) is 19.2 Å². The van der Waals surface area contributed by atoms with Gasteiger partial charge < -0.3 is 19.3 Å². The summed E-state index contributed by atoms with van der Waals surface area (Å²) in [6.45, 7) is 6.96. The fraction of sp³-hybridized carbons (Fsp3) is 0.533. The molecule has 0 aliphatic rings. The van der Waals surface area contributed by atoms with Crippen LogP contribution in [0.5, 0.6) is 5.75 Å². The van der Waals surface area contributed by atoms with Gasteiger partial charge in [0.15, 0.2) is 6.10 Å². The Kier molecular flexibility index (Phi) is 6.98. The smallest absolute Gasteiger partial charge is 0.337 e. The third-order valence-corrected chi connectivity index (χ3v) is 4.73. The summed E-state index contributed by atoms with van der Waals surface area (Å²) in [6, 6.07) is 4.91. The summed E-state index contributed by atoms with van der Waals surface area (Å²) in [4.78, 5) is 11.3. The molecule has 0 heterocycles. The summed E-state index contributed by atoms with van der Waals surface area (Å²) in [5.74, 6) is -1.64. The predicted molar refractivity (Wildman–Crippen MR) is 83.4 cm³/mol. The molecule has 1 aromatic rings. The standard InChI is InChI=1S/C15H23FO5Si/c1-19-11-5-6-12(13(16)9-11)14(15(17)18)21-10-20-7-8-22(2,3)4/h5-6,9,14H,7-8,10H2,1-4H3,(H,17,18)/t14-/m1/s1. The summed E-state index contributed by atoms with van der Waals surface area (Å²) < 4.78 is 29.3. The summed E-state index contributed by atoms with van der Waals surface area (Å²) >= 11 is 0. The first-order chi connectivity index (χ1) is 10.2. The van der Waals surface area contributed by atoms with Crippen molar-refractivity contribution in [1.82, 2.24) is 0 Å². The molecule has 1 N–H and O–H groups in total. The average Bonchev–Trinajstić information content (AvgIpc) is 2.42. The molecule has 0 amide bonds. The van der Waals surface area contributed by atoms with Crippen LogP contribution in [-0.4, -0.2) is 39.7 Å². The first-order valence-electron chi connectivity index (χ1n) is 7.00. The Labute approximate surface area is 131 Å². The van der Waals surface area contributed by atoms with Gasteiger partial charge >= 0.3 is 5.97 Å². The highest BCUT2D eigenvalue weighted by Crippen LogP contribution is 2.24. The molecule has 0 fully saturated rings. The second kappa shape index (κ2) is 8.26. The lowest BCUT2D eigenvalue weighted by Gasteiger charge is -2.18. The van der Waals surface area contributed by atoms with E-state index in [-0.39, 0.29) is 12.4 Å². The minimum Gasteiger partial charge on any atom is -0.497 e. The predicted octanol–water partition coefficient (Wildman–Crippen LogP) is 3.29. The van der Waals surface area contributed by atoms with Crippen LogP contribution in [0.4, 0.5) is 4.39 Å². The maximum absolute atomic E-state index is 13.9. The molecule has 0 aliphatic heterocycles. The zero-order chi connectivity index (χ0) is 16.8. The quantitative estimate of drug-likeness (QED) is 0.427. The van der Waals surface area contributed by atoms with Crippen LogP contribution in [0, 0.1) is 5.82 Å². The van der Waals surface area contributed by atoms with E-state index in [1.807, 2.05) is 0 Å². The van der Waals surface area contributed by atoms with E-state index in [0.29, 0.717) is 12.4 Å². The number of halogens is 1. The Balaban J connectivity index is 2.61. The summed E-state index contributed by atoms with van der Waals surface area (Å²) in [7, 11) is 0.198. The van der Waals surface area contributed by atoms with E-state index >= 15 is 0 Å². The zero-order valence-electron chi connectivity index (χ0n) is 13.4. The van der Waals surface area contributed by atoms with Crippen molar-refractivity contribution < 1.29 is 28.5 Å². The summed E-state index contributed by atoms with van der Waals surface area (Å²) in [5, 5.41) is 9.19. The molecule has 22 heavy (non-hydrogen) atoms. The van der Waals surface area contributed by atoms with Crippen LogP contribution in [-0.2, 0) is 14.3 Å². The number of carboxylic acid groups (broad SMARTS) is 1. The Morgan fingerprint density at radius 1 is 1.36 bits per heavy atom. The maximum atomic E-state index is 13.9. The maximum Gasteiger partial charge on any atom is 0.337 e. The Bertz CT molecular complexity index is 501. The molecular formula is C15H23FO5Si. The van der Waals surface area contributed by atoms with Crippen molar-refractivity contribution in [3.63, 3.8) is 0 Å². The topological polar surface area (TPSA) is 65.0 Å². The minimum atomic E-state index is -1.40. The van der Waals surface area contributed by atoms with Crippen molar-refractivity contribution >= 4 is 14.0 Å². The average molecular weight is 330 g/mol. The van der Waals surface area contributed by atoms with Crippen molar-refractivity contribution in [2.75, 3.05) is 20.5 Å². The molecule has 1 rings (SSSR count). The molecule has 0 saturated carbocycles. The van der Waals surface area contributed by atoms with Gasteiger partial charge in [0.1, 0.15) is 18.4 Å². The molecule has 0 aliphatic carbocycles. The van der Waals surface area contributed by atoms with Crippen LogP contribution in [0.3, 0.4) is 0 Å². The van der Waals surface area contributed by atoms with Gasteiger partial charge in [-0.05, 0) is 18.2 Å². The summed E-state index contributed by atoms with van der Waals surface area (Å²) in [5.41, 5.74) is -0.0536. The lowest BCUT2D eigenvalue weighted by molar-refractivity contribution is -0.161. The third kappa shape index (κ3) is 6.13. The van der Waals surface area contributed by atoms with Gasteiger partial charge in [0.25, 0.3) is 0 Å². The number of methoxy groups -OCH3 is 1. The molecule has 0 aromatic heterocycles. The number of rotatable bonds is 9. The second-order valence-electron chi connectivity index (χ2n) is 6.11. The van der Waals surface area contributed by atoms with Crippen LogP contribution in [0.25, 0.3) is 0 Å². The second-order valence-corrected chi connectivity index (χ2v) is 11.7. The van der Waals surface area contributed by atoms with Crippen molar-refractivity contribution in [3.8, 4) is 5.75 Å². The SMILES string of the molecule is COc1ccc([C@@H](OCOCC[Si](C)(C)C)C(=O)O)c(F)c1. The van der Waals surface area contributed by atoms with Crippen LogP contribution in [0.15, 0.2) is 18.2 Å². The number of carboxylic acids is 1. The van der Waals surface area contributed by atoms with E-state index in [1.54, 1.807) is 0 Å². The van der Waals surface area contributed by atoms with Crippen molar-refractivity contribution in [2.45, 2.75) is 31.8 Å². The third-order valence-electron chi connectivity index (χ3n) is 3.03. The van der Waals surface area contributed by atoms with Gasteiger partial charge in [0, 0.05) is 26.3 Å². The summed E-state index contributed by atoms with van der Waals surface area (Å²) in [6.07, 6.45) is -1.40. The van der Waals surface area contributed by atoms with Crippen LogP contribution >= 0.6 is 0 Å². The molecule has 0 radical (unpaired) electrons. The number of benzene rings is 1. The minimum absolute atomic E-state index is 0.0536. The lowest BCUT2D eigenvalue weighted by Crippen LogP contribution is -2.23. The van der Waals surface area contributed by atoms with Gasteiger partial charge in [-0.1, -0.05) is 19.6 Å². The Morgan fingerprint density at radius 3 is 2.55 bits per heavy atom. The molecule has 124 valence electrons. The number of ether oxygens (including phenoxy) is 3. The van der Waals surface area contributed by atoms with Gasteiger partial charge in [-0.3, -0.25) is 0 Å². The Morgan fingerprint density at radius 2 is 2.05 bits per heavy atom. The molecule has 1 atom stereocenters. The van der Waals surface area contributed by atoms with E-state index < -0.39 is 26.0 Å². The highest BCUT2D eigenvalue weighted by molar-refractivity contribution is 6.76. The molecule has 0 spiro atoms. The van der Waals surface area contributed by atoms with Crippen LogP contribution in [0.1, 0.15) is 11.7 Å². The van der Waals surface area contributed by atoms with Gasteiger partial charge in [-0.2, -0.15) is 0 Å². The van der Waals surface area contributed by atoms with Crippen molar-refractivity contribution in [3.05, 3.63) is 29.6 Å². The molecular weight excluding hydrogens is 307 g/mol. The Hall–Kier alpha value is -1.44. The number of aliphatic carboxylic acids is 1. The monoisotopic (exact) mass is 330 g/mol. The molecule has 1 aromatic carbocycles. The molecule has 7 heteroatoms. The molecule has 0 unspecified atom stereocenters. The highest BCUT2D eigenvalue weighted by Gasteiger charge is 2.24. The first kappa shape index (κ1) is 18.6. The fourth-order valence-corrected chi connectivity index (χ4v) is 2.45. The van der Waals surface area contributed by atoms with Crippen LogP contribution in [0.2, 0.25) is 25.7 Å². The van der Waals surface area contributed by atoms with Crippen LogP contribution < -0.4 is 4.74 Å². The normalized spacial score (nSPS) is 13.0. The first-order valence-corrected chi connectivity index (χ1v) is 10.7. The number of hydrogen-bond donors (Lipinski definition) is 1. The van der Waals surface area contributed by atoms with E-state index in [4.69, 9.17) is 14.2 Å². The largest absolute Gasteiger partial charge is 0.497 e. The van der Waals surface area contributed by atoms with Gasteiger partial charge in [-0.25, -0.2) is 9.18 Å². The van der Waals surface area contributed by atoms with Gasteiger partial charge in [-0.15, -0.1) is 0 Å². The zero-order valence-corrected chi connectivity index (χ0v) is 14.4. The van der Waals surface area contributed by atoms with Crippen molar-refractivity contribution in [2.24, 2.45) is 0 Å².